The van der Waals surface area contributed by atoms with Crippen molar-refractivity contribution in [3.63, 3.8) is 0 Å². The van der Waals surface area contributed by atoms with Gasteiger partial charge >= 0.3 is 21.7 Å². The molecule has 244 valence electrons. The van der Waals surface area contributed by atoms with Crippen molar-refractivity contribution in [2.24, 2.45) is 17.2 Å². The summed E-state index contributed by atoms with van der Waals surface area (Å²) >= 11 is 6.59. The molecule has 2 aromatic heterocycles. The van der Waals surface area contributed by atoms with Crippen LogP contribution in [0, 0.1) is 5.82 Å². The maximum absolute atomic E-state index is 14.2. The molecule has 11 N–H and O–H groups in total. The van der Waals surface area contributed by atoms with Crippen LogP contribution in [-0.4, -0.2) is 55.1 Å². The maximum atomic E-state index is 14.2. The van der Waals surface area contributed by atoms with Crippen molar-refractivity contribution < 1.29 is 37.3 Å². The molecule has 0 bridgehead atoms. The Hall–Kier alpha value is -4.17. The van der Waals surface area contributed by atoms with E-state index in [1.54, 1.807) is 0 Å². The van der Waals surface area contributed by atoms with Crippen LogP contribution in [0.3, 0.4) is 0 Å². The minimum Gasteiger partial charge on any atom is -0.548 e. The van der Waals surface area contributed by atoms with Gasteiger partial charge in [-0.25, -0.2) is 18.5 Å². The Morgan fingerprint density at radius 1 is 1.16 bits per heavy atom. The first-order valence-electron chi connectivity index (χ1n) is 12.8. The molecule has 0 saturated carbocycles. The summed E-state index contributed by atoms with van der Waals surface area (Å²) in [6, 6.07) is 7.95. The van der Waals surface area contributed by atoms with Crippen molar-refractivity contribution in [2.75, 3.05) is 18.9 Å². The number of rotatable bonds is 10. The van der Waals surface area contributed by atoms with Crippen LogP contribution >= 0.6 is 22.9 Å². The third kappa shape index (κ3) is 8.51. The molecule has 0 spiro atoms. The highest BCUT2D eigenvalue weighted by Gasteiger charge is 2.37. The fourth-order valence-corrected chi connectivity index (χ4v) is 7.06. The van der Waals surface area contributed by atoms with E-state index in [0.717, 1.165) is 34.8 Å². The largest absolute Gasteiger partial charge is 0.548 e. The summed E-state index contributed by atoms with van der Waals surface area (Å²) in [5, 5.41) is 12.6. The number of halogens is 2. The zero-order chi connectivity index (χ0) is 32.8. The first-order chi connectivity index (χ1) is 20.7. The van der Waals surface area contributed by atoms with E-state index in [0.29, 0.717) is 13.0 Å². The quantitative estimate of drug-likeness (QED) is 0.110. The van der Waals surface area contributed by atoms with Crippen LogP contribution in [0.2, 0.25) is 4.34 Å². The summed E-state index contributed by atoms with van der Waals surface area (Å²) in [6.07, 6.45) is 2.03. The number of benzene rings is 2. The predicted octanol–water partition coefficient (Wildman–Crippen LogP) is -1.07. The van der Waals surface area contributed by atoms with E-state index in [4.69, 9.17) is 28.8 Å². The summed E-state index contributed by atoms with van der Waals surface area (Å²) in [4.78, 5) is 50.2. The van der Waals surface area contributed by atoms with Crippen molar-refractivity contribution in [3.05, 3.63) is 79.5 Å². The Kier molecular flexibility index (Phi) is 12.9. The van der Waals surface area contributed by atoms with E-state index in [2.05, 4.69) is 10.3 Å². The molecular weight excluding hydrogens is 657 g/mol. The van der Waals surface area contributed by atoms with Crippen LogP contribution in [0.5, 0.6) is 0 Å². The van der Waals surface area contributed by atoms with Crippen LogP contribution in [0.1, 0.15) is 19.3 Å². The molecule has 1 unspecified atom stereocenters. The smallest absolute Gasteiger partial charge is 0.433 e. The van der Waals surface area contributed by atoms with Gasteiger partial charge in [-0.15, -0.1) is 15.6 Å². The number of urea groups is 1. The number of fused-ring (bicyclic) bond motifs is 1. The molecule has 4 rings (SSSR count). The molecule has 4 aromatic rings. The normalized spacial score (nSPS) is 12.4. The second kappa shape index (κ2) is 15.7. The molecular formula is C26H31ClFN7O8S2. The number of hydrogen-bond donors (Lipinski definition) is 6. The minimum atomic E-state index is -4.27. The standard InChI is InChI=1S/C20H15ClFN5O5S2.C6H14N2O2.H2O/c1-24-15-9-14-12(8-13(15)22)18(28)26(20(30)25-14)10-2-4-11(5-3-10)27(19(23)29)34(31,32)17-7-6-16(21)33-17;7-4-2-1-3-5(8)6(9)10;/h2-9,24H,1H3,(H2,23,29)(H,25,30);5H,1-4,7-8H2,(H,9,10);1H2/t;5-;/m.0./s1. The van der Waals surface area contributed by atoms with Crippen LogP contribution in [0.25, 0.3) is 16.6 Å². The zero-order valence-corrected chi connectivity index (χ0v) is 26.0. The number of sulfonamides is 1. The van der Waals surface area contributed by atoms with Gasteiger partial charge in [-0.2, -0.15) is 8.42 Å². The second-order valence-corrected chi connectivity index (χ2v) is 13.0. The maximum Gasteiger partial charge on any atom is 0.433 e. The molecule has 0 aliphatic carbocycles. The van der Waals surface area contributed by atoms with Gasteiger partial charge in [0.2, 0.25) is 0 Å². The Labute approximate surface area is 264 Å². The third-order valence-electron chi connectivity index (χ3n) is 6.22. The Bertz CT molecular complexity index is 1900. The lowest BCUT2D eigenvalue weighted by Crippen LogP contribution is -3.13. The number of amides is 2. The molecule has 15 nitrogen and oxygen atoms in total. The highest BCUT2D eigenvalue weighted by atomic mass is 35.5. The number of carbonyl (C=O) groups is 2. The van der Waals surface area contributed by atoms with Crippen molar-refractivity contribution >= 4 is 67.2 Å². The van der Waals surface area contributed by atoms with Crippen LogP contribution < -0.4 is 43.2 Å². The van der Waals surface area contributed by atoms with Gasteiger partial charge in [-0.05, 0) is 55.8 Å². The van der Waals surface area contributed by atoms with E-state index < -0.39 is 49.4 Å². The Morgan fingerprint density at radius 2 is 1.80 bits per heavy atom. The van der Waals surface area contributed by atoms with Gasteiger partial charge in [0.05, 0.1) is 32.6 Å². The highest BCUT2D eigenvalue weighted by Crippen LogP contribution is 2.25. The monoisotopic (exact) mass is 687 g/mol. The molecule has 0 saturated heterocycles. The Balaban J connectivity index is 0.000000555. The summed E-state index contributed by atoms with van der Waals surface area (Å²) in [5.41, 5.74) is 14.4. The number of nitrogens with two attached hydrogens (primary N) is 3. The summed E-state index contributed by atoms with van der Waals surface area (Å²) in [7, 11) is -2.78. The van der Waals surface area contributed by atoms with Gasteiger partial charge in [-0.3, -0.25) is 4.79 Å². The molecule has 2 amide bonds. The minimum absolute atomic E-state index is 0. The van der Waals surface area contributed by atoms with Crippen molar-refractivity contribution in [1.29, 1.82) is 0 Å². The van der Waals surface area contributed by atoms with E-state index in [1.807, 2.05) is 0 Å². The molecule has 0 fully saturated rings. The molecule has 0 radical (unpaired) electrons. The zero-order valence-electron chi connectivity index (χ0n) is 23.6. The number of H-pyrrole nitrogens is 1. The number of hydrogen-bond acceptors (Lipinski definition) is 11. The van der Waals surface area contributed by atoms with Crippen LogP contribution in [0.4, 0.5) is 20.6 Å². The fraction of sp³-hybridized carbons (Fsp3) is 0.231. The lowest BCUT2D eigenvalue weighted by Gasteiger charge is -2.14. The third-order valence-corrected chi connectivity index (χ3v) is 9.79. The first-order valence-corrected chi connectivity index (χ1v) is 15.5. The van der Waals surface area contributed by atoms with E-state index >= 15 is 0 Å². The van der Waals surface area contributed by atoms with Crippen molar-refractivity contribution in [2.45, 2.75) is 29.5 Å². The average molecular weight is 688 g/mol. The number of primary amides is 1. The average Bonchev–Trinajstić information content (AvgIpc) is 3.41. The first kappa shape index (κ1) is 37.0. The lowest BCUT2D eigenvalue weighted by molar-refractivity contribution is -0.588. The summed E-state index contributed by atoms with van der Waals surface area (Å²) < 4.78 is 40.2. The van der Waals surface area contributed by atoms with Gasteiger partial charge in [0, 0.05) is 25.2 Å². The molecule has 19 heteroatoms. The SMILES string of the molecule is CNc1cc2[nH]c(=O)n(-c3ccc([NH+](C(N)=O)S(=O)(=O)c4ccc(Cl)s4)cc3)c(=O)c2cc1F.NCCCC[C@H](N)C(=O)[O-].O. The number of nitrogens with one attached hydrogen (secondary N) is 3. The van der Waals surface area contributed by atoms with Crippen molar-refractivity contribution in [1.82, 2.24) is 9.55 Å². The van der Waals surface area contributed by atoms with Crippen LogP contribution in [-0.2, 0) is 14.8 Å². The molecule has 0 aliphatic heterocycles. The van der Waals surface area contributed by atoms with Gasteiger partial charge in [-0.1, -0.05) is 18.0 Å². The topological polar surface area (TPSA) is 272 Å². The number of aromatic nitrogens is 2. The predicted molar refractivity (Wildman–Crippen MR) is 166 cm³/mol. The van der Waals surface area contributed by atoms with E-state index in [-0.39, 0.29) is 42.0 Å². The number of carboxylic acids is 1. The number of aromatic amines is 1. The fourth-order valence-electron chi connectivity index (χ4n) is 4.02. The molecule has 0 aliphatic rings. The number of carbonyl (C=O) groups excluding carboxylic acids is 2. The van der Waals surface area contributed by atoms with Gasteiger partial charge in [0.15, 0.2) is 9.90 Å². The number of aliphatic carboxylic acids is 1. The molecule has 45 heavy (non-hydrogen) atoms. The second-order valence-electron chi connectivity index (χ2n) is 9.21. The van der Waals surface area contributed by atoms with E-state index in [9.17, 15) is 37.1 Å². The Morgan fingerprint density at radius 3 is 2.31 bits per heavy atom. The highest BCUT2D eigenvalue weighted by molar-refractivity contribution is 7.87. The van der Waals surface area contributed by atoms with Crippen molar-refractivity contribution in [3.8, 4) is 5.69 Å². The number of thiophene rings is 1. The number of anilines is 1. The molecule has 2 atom stereocenters. The van der Waals surface area contributed by atoms with E-state index in [1.165, 1.54) is 49.5 Å². The summed E-state index contributed by atoms with van der Waals surface area (Å²) in [6.45, 7) is 0.583. The number of unbranched alkanes of at least 4 members (excludes halogenated alkanes) is 1. The molecule has 2 heterocycles. The number of carboxylic acid groups (broad SMARTS) is 1. The lowest BCUT2D eigenvalue weighted by atomic mass is 10.1. The van der Waals surface area contributed by atoms with Gasteiger partial charge in [0.25, 0.3) is 5.56 Å². The van der Waals surface area contributed by atoms with Gasteiger partial charge in [0.1, 0.15) is 5.82 Å². The molecule has 2 aromatic carbocycles. The summed E-state index contributed by atoms with van der Waals surface area (Å²) in [5.74, 6) is -1.86. The number of nitrogens with zero attached hydrogens (tertiary/aromatic N) is 1. The number of quaternary nitrogens is 1. The van der Waals surface area contributed by atoms with Crippen LogP contribution in [0.15, 0.2) is 62.3 Å². The van der Waals surface area contributed by atoms with Gasteiger partial charge < -0.3 is 42.9 Å².